The summed E-state index contributed by atoms with van der Waals surface area (Å²) in [4.78, 5) is 44.0. The molecule has 9 nitrogen and oxygen atoms in total. The molecule has 0 saturated carbocycles. The van der Waals surface area contributed by atoms with E-state index in [2.05, 4.69) is 10.6 Å². The van der Waals surface area contributed by atoms with Crippen molar-refractivity contribution in [3.8, 4) is 0 Å². The molecular formula is C29H34N4O5S. The standard InChI is InChI=1S/C29H34N4O5S/c1-2-19-7-3-4-10-24(19)31-26(34)18-39-29-32-25-15-20(27(35)30-16-21-8-5-13-37-21)11-12-23(25)28(36)33(29)17-22-9-6-14-38-22/h3-4,7,10-12,15,21-22H,2,5-6,8-9,13-14,16-18H2,1H3,(H,30,35)(H,31,34)/t21-,22-/m0/s1. The van der Waals surface area contributed by atoms with Crippen LogP contribution >= 0.6 is 11.8 Å². The molecule has 0 bridgehead atoms. The van der Waals surface area contributed by atoms with Crippen LogP contribution in [0.4, 0.5) is 5.69 Å². The van der Waals surface area contributed by atoms with E-state index in [1.54, 1.807) is 22.8 Å². The summed E-state index contributed by atoms with van der Waals surface area (Å²) in [6.07, 6.45) is 4.52. The number of carbonyl (C=O) groups is 2. The van der Waals surface area contributed by atoms with Crippen LogP contribution in [-0.2, 0) is 27.2 Å². The summed E-state index contributed by atoms with van der Waals surface area (Å²) in [5.74, 6) is -0.328. The van der Waals surface area contributed by atoms with E-state index in [0.717, 1.165) is 50.0 Å². The first-order valence-corrected chi connectivity index (χ1v) is 14.6. The maximum atomic E-state index is 13.6. The van der Waals surface area contributed by atoms with Gasteiger partial charge in [-0.05, 0) is 61.9 Å². The molecular weight excluding hydrogens is 516 g/mol. The maximum absolute atomic E-state index is 13.6. The van der Waals surface area contributed by atoms with Crippen LogP contribution in [0.2, 0.25) is 0 Å². The summed E-state index contributed by atoms with van der Waals surface area (Å²) in [6.45, 7) is 4.26. The van der Waals surface area contributed by atoms with Gasteiger partial charge < -0.3 is 20.1 Å². The number of fused-ring (bicyclic) bond motifs is 1. The van der Waals surface area contributed by atoms with E-state index < -0.39 is 0 Å². The van der Waals surface area contributed by atoms with E-state index in [9.17, 15) is 14.4 Å². The van der Waals surface area contributed by atoms with Gasteiger partial charge in [0.1, 0.15) is 0 Å². The van der Waals surface area contributed by atoms with Gasteiger partial charge >= 0.3 is 0 Å². The van der Waals surface area contributed by atoms with Crippen LogP contribution in [0.15, 0.2) is 52.4 Å². The van der Waals surface area contributed by atoms with Crippen molar-refractivity contribution < 1.29 is 19.1 Å². The second kappa shape index (κ2) is 12.8. The minimum Gasteiger partial charge on any atom is -0.376 e. The summed E-state index contributed by atoms with van der Waals surface area (Å²) in [5.41, 5.74) is 2.48. The minimum atomic E-state index is -0.235. The molecule has 39 heavy (non-hydrogen) atoms. The van der Waals surface area contributed by atoms with Gasteiger partial charge in [-0.1, -0.05) is 36.9 Å². The molecule has 0 radical (unpaired) electrons. The van der Waals surface area contributed by atoms with E-state index >= 15 is 0 Å². The third-order valence-corrected chi connectivity index (χ3v) is 8.09. The van der Waals surface area contributed by atoms with Crippen molar-refractivity contribution in [2.24, 2.45) is 0 Å². The molecule has 3 heterocycles. The number of nitrogens with zero attached hydrogens (tertiary/aromatic N) is 2. The molecule has 2 aliphatic rings. The molecule has 2 fully saturated rings. The molecule has 3 aromatic rings. The second-order valence-corrected chi connectivity index (χ2v) is 10.8. The topological polar surface area (TPSA) is 112 Å². The zero-order valence-electron chi connectivity index (χ0n) is 22.1. The third-order valence-electron chi connectivity index (χ3n) is 7.11. The van der Waals surface area contributed by atoms with E-state index in [0.29, 0.717) is 41.3 Å². The Bertz CT molecular complexity index is 1400. The van der Waals surface area contributed by atoms with Crippen molar-refractivity contribution >= 4 is 40.2 Å². The average molecular weight is 551 g/mol. The Morgan fingerprint density at radius 2 is 1.85 bits per heavy atom. The Morgan fingerprint density at radius 1 is 1.08 bits per heavy atom. The highest BCUT2D eigenvalue weighted by Gasteiger charge is 2.22. The number of aromatic nitrogens is 2. The molecule has 2 saturated heterocycles. The zero-order valence-corrected chi connectivity index (χ0v) is 22.9. The molecule has 0 aliphatic carbocycles. The van der Waals surface area contributed by atoms with Crippen LogP contribution in [0.3, 0.4) is 0 Å². The number of para-hydroxylation sites is 1. The number of rotatable bonds is 10. The number of hydrogen-bond donors (Lipinski definition) is 2. The first-order valence-electron chi connectivity index (χ1n) is 13.6. The van der Waals surface area contributed by atoms with Gasteiger partial charge in [-0.2, -0.15) is 0 Å². The highest BCUT2D eigenvalue weighted by molar-refractivity contribution is 7.99. The molecule has 5 rings (SSSR count). The first-order chi connectivity index (χ1) is 19.0. The van der Waals surface area contributed by atoms with Crippen molar-refractivity contribution in [2.75, 3.05) is 30.8 Å². The predicted molar refractivity (Wildman–Crippen MR) is 151 cm³/mol. The molecule has 2 aromatic carbocycles. The number of ether oxygens (including phenoxy) is 2. The summed E-state index contributed by atoms with van der Waals surface area (Å²) < 4.78 is 13.0. The third kappa shape index (κ3) is 6.69. The average Bonchev–Trinajstić information content (AvgIpc) is 3.67. The summed E-state index contributed by atoms with van der Waals surface area (Å²) in [7, 11) is 0. The SMILES string of the molecule is CCc1ccccc1NC(=O)CSc1nc2cc(C(=O)NC[C@@H]3CCCO3)ccc2c(=O)n1C[C@@H]1CCCO1. The van der Waals surface area contributed by atoms with Crippen molar-refractivity contribution in [1.82, 2.24) is 14.9 Å². The van der Waals surface area contributed by atoms with Crippen LogP contribution in [0.1, 0.15) is 48.5 Å². The van der Waals surface area contributed by atoms with Gasteiger partial charge in [0, 0.05) is 31.0 Å². The lowest BCUT2D eigenvalue weighted by Gasteiger charge is -2.17. The highest BCUT2D eigenvalue weighted by Crippen LogP contribution is 2.23. The number of anilines is 1. The van der Waals surface area contributed by atoms with E-state index in [1.165, 1.54) is 11.8 Å². The van der Waals surface area contributed by atoms with Crippen molar-refractivity contribution in [3.63, 3.8) is 0 Å². The predicted octanol–water partition coefficient (Wildman–Crippen LogP) is 3.78. The molecule has 206 valence electrons. The van der Waals surface area contributed by atoms with Crippen molar-refractivity contribution in [1.29, 1.82) is 0 Å². The minimum absolute atomic E-state index is 0.0379. The number of aryl methyl sites for hydroxylation is 1. The summed E-state index contributed by atoms with van der Waals surface area (Å²) in [6, 6.07) is 12.7. The summed E-state index contributed by atoms with van der Waals surface area (Å²) >= 11 is 1.21. The Hall–Kier alpha value is -3.21. The Morgan fingerprint density at radius 3 is 2.59 bits per heavy atom. The normalized spacial score (nSPS) is 18.9. The van der Waals surface area contributed by atoms with E-state index in [-0.39, 0.29) is 35.3 Å². The Labute approximate surface area is 231 Å². The lowest BCUT2D eigenvalue weighted by molar-refractivity contribution is -0.113. The van der Waals surface area contributed by atoms with Crippen LogP contribution in [0.25, 0.3) is 10.9 Å². The van der Waals surface area contributed by atoms with E-state index in [4.69, 9.17) is 14.5 Å². The first kappa shape index (κ1) is 27.4. The number of carbonyl (C=O) groups excluding carboxylic acids is 2. The van der Waals surface area contributed by atoms with Crippen molar-refractivity contribution in [3.05, 3.63) is 63.9 Å². The lowest BCUT2D eigenvalue weighted by Crippen LogP contribution is -2.32. The van der Waals surface area contributed by atoms with Gasteiger partial charge in [-0.25, -0.2) is 4.98 Å². The molecule has 2 amide bonds. The zero-order chi connectivity index (χ0) is 27.2. The van der Waals surface area contributed by atoms with Crippen LogP contribution in [0, 0.1) is 0 Å². The van der Waals surface area contributed by atoms with Crippen molar-refractivity contribution in [2.45, 2.75) is 62.9 Å². The molecule has 0 spiro atoms. The van der Waals surface area contributed by atoms with Crippen LogP contribution in [-0.4, -0.2) is 59.1 Å². The molecule has 0 unspecified atom stereocenters. The number of benzene rings is 2. The largest absolute Gasteiger partial charge is 0.376 e. The molecule has 2 atom stereocenters. The second-order valence-electron chi connectivity index (χ2n) is 9.87. The number of hydrogen-bond acceptors (Lipinski definition) is 7. The molecule has 2 aliphatic heterocycles. The fourth-order valence-electron chi connectivity index (χ4n) is 4.99. The number of nitrogens with one attached hydrogen (secondary N) is 2. The quantitative estimate of drug-likeness (QED) is 0.292. The molecule has 2 N–H and O–H groups in total. The number of thioether (sulfide) groups is 1. The van der Waals surface area contributed by atoms with Crippen LogP contribution in [0.5, 0.6) is 0 Å². The van der Waals surface area contributed by atoms with Gasteiger partial charge in [0.15, 0.2) is 5.16 Å². The monoisotopic (exact) mass is 550 g/mol. The smallest absolute Gasteiger partial charge is 0.262 e. The lowest BCUT2D eigenvalue weighted by atomic mass is 10.1. The van der Waals surface area contributed by atoms with Gasteiger partial charge in [-0.3, -0.25) is 19.0 Å². The fourth-order valence-corrected chi connectivity index (χ4v) is 5.79. The number of amides is 2. The molecule has 1 aromatic heterocycles. The highest BCUT2D eigenvalue weighted by atomic mass is 32.2. The fraction of sp³-hybridized carbons (Fsp3) is 0.448. The molecule has 10 heteroatoms. The maximum Gasteiger partial charge on any atom is 0.262 e. The van der Waals surface area contributed by atoms with E-state index in [1.807, 2.05) is 31.2 Å². The van der Waals surface area contributed by atoms with Gasteiger partial charge in [0.25, 0.3) is 11.5 Å². The van der Waals surface area contributed by atoms with Gasteiger partial charge in [0.05, 0.1) is 35.4 Å². The van der Waals surface area contributed by atoms with Crippen LogP contribution < -0.4 is 16.2 Å². The Balaban J connectivity index is 1.37. The summed E-state index contributed by atoms with van der Waals surface area (Å²) in [5, 5.41) is 6.75. The van der Waals surface area contributed by atoms with Gasteiger partial charge in [-0.15, -0.1) is 0 Å². The van der Waals surface area contributed by atoms with Gasteiger partial charge in [0.2, 0.25) is 5.91 Å². The Kier molecular flexibility index (Phi) is 8.95.